The average molecular weight is 391 g/mol. The molecule has 0 aliphatic rings. The van der Waals surface area contributed by atoms with Crippen LogP contribution in [-0.2, 0) is 6.18 Å². The van der Waals surface area contributed by atoms with E-state index in [0.29, 0.717) is 10.6 Å². The first-order valence-corrected chi connectivity index (χ1v) is 8.80. The van der Waals surface area contributed by atoms with Crippen LogP contribution in [0.5, 0.6) is 5.88 Å². The Labute approximate surface area is 158 Å². The van der Waals surface area contributed by atoms with Gasteiger partial charge in [0.25, 0.3) is 0 Å². The van der Waals surface area contributed by atoms with Gasteiger partial charge in [-0.05, 0) is 43.7 Å². The molecule has 2 aromatic heterocycles. The second-order valence-electron chi connectivity index (χ2n) is 5.87. The fraction of sp³-hybridized carbons (Fsp3) is 0.211. The summed E-state index contributed by atoms with van der Waals surface area (Å²) in [6.45, 7) is 3.76. The van der Waals surface area contributed by atoms with Crippen LogP contribution in [0.1, 0.15) is 16.7 Å². The molecule has 0 aliphatic carbocycles. The molecule has 3 rings (SSSR count). The maximum absolute atomic E-state index is 13.7. The molecule has 27 heavy (non-hydrogen) atoms. The van der Waals surface area contributed by atoms with Gasteiger partial charge in [0, 0.05) is 11.1 Å². The summed E-state index contributed by atoms with van der Waals surface area (Å²) in [5.41, 5.74) is 1.30. The lowest BCUT2D eigenvalue weighted by atomic mass is 10.2. The molecule has 0 atom stereocenters. The molecule has 2 heterocycles. The monoisotopic (exact) mass is 391 g/mol. The fourth-order valence-corrected chi connectivity index (χ4v) is 3.31. The minimum absolute atomic E-state index is 0.0816. The second kappa shape index (κ2) is 7.56. The fourth-order valence-electron chi connectivity index (χ4n) is 2.38. The van der Waals surface area contributed by atoms with Gasteiger partial charge in [-0.25, -0.2) is 4.98 Å². The smallest absolute Gasteiger partial charge is 0.424 e. The van der Waals surface area contributed by atoms with Crippen LogP contribution < -0.4 is 4.74 Å². The zero-order valence-electron chi connectivity index (χ0n) is 14.8. The molecule has 3 aromatic rings. The van der Waals surface area contributed by atoms with E-state index in [2.05, 4.69) is 15.0 Å². The third-order valence-electron chi connectivity index (χ3n) is 3.70. The maximum atomic E-state index is 13.7. The van der Waals surface area contributed by atoms with Crippen molar-refractivity contribution < 1.29 is 17.9 Å². The van der Waals surface area contributed by atoms with Gasteiger partial charge in [-0.1, -0.05) is 29.5 Å². The second-order valence-corrected chi connectivity index (χ2v) is 6.93. The van der Waals surface area contributed by atoms with Gasteiger partial charge in [0.05, 0.1) is 7.11 Å². The first-order valence-electron chi connectivity index (χ1n) is 7.98. The third kappa shape index (κ3) is 4.39. The molecule has 140 valence electrons. The highest BCUT2D eigenvalue weighted by Gasteiger charge is 2.40. The van der Waals surface area contributed by atoms with E-state index in [-0.39, 0.29) is 10.9 Å². The average Bonchev–Trinajstić information content (AvgIpc) is 2.62. The van der Waals surface area contributed by atoms with Gasteiger partial charge in [0.2, 0.25) is 5.88 Å². The summed E-state index contributed by atoms with van der Waals surface area (Å²) in [5.74, 6) is -0.441. The number of pyridine rings is 1. The molecular weight excluding hydrogens is 375 g/mol. The zero-order chi connectivity index (χ0) is 19.6. The van der Waals surface area contributed by atoms with Crippen LogP contribution in [0.15, 0.2) is 52.5 Å². The normalized spacial score (nSPS) is 11.5. The summed E-state index contributed by atoms with van der Waals surface area (Å²) in [4.78, 5) is 12.9. The molecular formula is C19H16F3N3OS. The quantitative estimate of drug-likeness (QED) is 0.562. The van der Waals surface area contributed by atoms with E-state index in [1.54, 1.807) is 30.5 Å². The lowest BCUT2D eigenvalue weighted by molar-refractivity contribution is -0.141. The Hall–Kier alpha value is -2.61. The maximum Gasteiger partial charge on any atom is 0.424 e. The first kappa shape index (κ1) is 19.2. The molecule has 4 nitrogen and oxygen atoms in total. The van der Waals surface area contributed by atoms with Gasteiger partial charge >= 0.3 is 6.18 Å². The Morgan fingerprint density at radius 3 is 2.26 bits per heavy atom. The van der Waals surface area contributed by atoms with E-state index < -0.39 is 17.6 Å². The summed E-state index contributed by atoms with van der Waals surface area (Å²) < 4.78 is 46.0. The number of alkyl halides is 3. The molecule has 1 aromatic carbocycles. The minimum Gasteiger partial charge on any atom is -0.480 e. The van der Waals surface area contributed by atoms with Crippen LogP contribution in [0.25, 0.3) is 11.5 Å². The highest BCUT2D eigenvalue weighted by atomic mass is 32.2. The number of aromatic nitrogens is 3. The van der Waals surface area contributed by atoms with Crippen LogP contribution in [0.3, 0.4) is 0 Å². The van der Waals surface area contributed by atoms with E-state index in [0.717, 1.165) is 30.0 Å². The van der Waals surface area contributed by atoms with Crippen molar-refractivity contribution in [1.29, 1.82) is 0 Å². The SMILES string of the molecule is COc1nc(-c2cc(C)ccn2)nc(Sc2ccc(C)cc2)c1C(F)(F)F. The van der Waals surface area contributed by atoms with Crippen molar-refractivity contribution >= 4 is 11.8 Å². The van der Waals surface area contributed by atoms with Crippen LogP contribution in [-0.4, -0.2) is 22.1 Å². The van der Waals surface area contributed by atoms with E-state index in [4.69, 9.17) is 4.74 Å². The number of ether oxygens (including phenoxy) is 1. The van der Waals surface area contributed by atoms with Crippen molar-refractivity contribution in [3.63, 3.8) is 0 Å². The highest BCUT2D eigenvalue weighted by molar-refractivity contribution is 7.99. The van der Waals surface area contributed by atoms with Gasteiger partial charge in [-0.2, -0.15) is 18.2 Å². The van der Waals surface area contributed by atoms with Crippen LogP contribution in [0.4, 0.5) is 13.2 Å². The Bertz CT molecular complexity index is 959. The predicted molar refractivity (Wildman–Crippen MR) is 96.9 cm³/mol. The minimum atomic E-state index is -4.66. The first-order chi connectivity index (χ1) is 12.8. The van der Waals surface area contributed by atoms with Gasteiger partial charge in [0.1, 0.15) is 10.7 Å². The van der Waals surface area contributed by atoms with Crippen molar-refractivity contribution in [3.05, 3.63) is 59.3 Å². The lowest BCUT2D eigenvalue weighted by Gasteiger charge is -2.16. The molecule has 0 fully saturated rings. The molecule has 0 saturated carbocycles. The molecule has 0 radical (unpaired) electrons. The molecule has 0 bridgehead atoms. The molecule has 0 N–H and O–H groups in total. The summed E-state index contributed by atoms with van der Waals surface area (Å²) in [5, 5.41) is -0.225. The molecule has 0 aliphatic heterocycles. The third-order valence-corrected chi connectivity index (χ3v) is 4.70. The van der Waals surface area contributed by atoms with Crippen LogP contribution in [0, 0.1) is 13.8 Å². The number of rotatable bonds is 4. The Morgan fingerprint density at radius 1 is 0.963 bits per heavy atom. The molecule has 0 unspecified atom stereocenters. The van der Waals surface area contributed by atoms with Crippen LogP contribution in [0.2, 0.25) is 0 Å². The van der Waals surface area contributed by atoms with Gasteiger partial charge < -0.3 is 4.74 Å². The van der Waals surface area contributed by atoms with Gasteiger partial charge in [-0.3, -0.25) is 4.98 Å². The summed E-state index contributed by atoms with van der Waals surface area (Å²) >= 11 is 0.913. The number of benzene rings is 1. The summed E-state index contributed by atoms with van der Waals surface area (Å²) in [6, 6.07) is 10.7. The van der Waals surface area contributed by atoms with E-state index >= 15 is 0 Å². The Morgan fingerprint density at radius 2 is 1.67 bits per heavy atom. The van der Waals surface area contributed by atoms with E-state index in [9.17, 15) is 13.2 Å². The van der Waals surface area contributed by atoms with Crippen molar-refractivity contribution in [2.45, 2.75) is 29.9 Å². The Kier molecular flexibility index (Phi) is 5.36. The topological polar surface area (TPSA) is 47.9 Å². The molecule has 0 saturated heterocycles. The number of aryl methyl sites for hydroxylation is 2. The number of hydrogen-bond donors (Lipinski definition) is 0. The van der Waals surface area contributed by atoms with E-state index in [1.165, 1.54) is 0 Å². The van der Waals surface area contributed by atoms with Gasteiger partial charge in [0.15, 0.2) is 11.4 Å². The van der Waals surface area contributed by atoms with Crippen molar-refractivity contribution in [2.24, 2.45) is 0 Å². The van der Waals surface area contributed by atoms with Crippen molar-refractivity contribution in [3.8, 4) is 17.4 Å². The molecule has 0 amide bonds. The predicted octanol–water partition coefficient (Wildman–Crippen LogP) is 5.33. The number of nitrogens with zero attached hydrogens (tertiary/aromatic N) is 3. The number of hydrogen-bond acceptors (Lipinski definition) is 5. The lowest BCUT2D eigenvalue weighted by Crippen LogP contribution is -2.13. The van der Waals surface area contributed by atoms with E-state index in [1.807, 2.05) is 26.0 Å². The summed E-state index contributed by atoms with van der Waals surface area (Å²) in [7, 11) is 1.16. The van der Waals surface area contributed by atoms with Crippen LogP contribution >= 0.6 is 11.8 Å². The highest BCUT2D eigenvalue weighted by Crippen LogP contribution is 2.43. The van der Waals surface area contributed by atoms with Crippen molar-refractivity contribution in [1.82, 2.24) is 15.0 Å². The van der Waals surface area contributed by atoms with Crippen molar-refractivity contribution in [2.75, 3.05) is 7.11 Å². The number of halogens is 3. The largest absolute Gasteiger partial charge is 0.480 e. The standard InChI is InChI=1S/C19H16F3N3OS/c1-11-4-6-13(7-5-11)27-18-15(19(20,21)22)17(26-3)24-16(25-18)14-10-12(2)8-9-23-14/h4-10H,1-3H3. The Balaban J connectivity index is 2.17. The molecule has 0 spiro atoms. The zero-order valence-corrected chi connectivity index (χ0v) is 15.6. The number of methoxy groups -OCH3 is 1. The molecule has 8 heteroatoms. The summed E-state index contributed by atoms with van der Waals surface area (Å²) in [6.07, 6.45) is -3.10. The van der Waals surface area contributed by atoms with Gasteiger partial charge in [-0.15, -0.1) is 0 Å².